The van der Waals surface area contributed by atoms with Gasteiger partial charge in [-0.2, -0.15) is 0 Å². The van der Waals surface area contributed by atoms with Gasteiger partial charge in [-0.3, -0.25) is 9.59 Å². The number of hydrogen-bond donors (Lipinski definition) is 1. The highest BCUT2D eigenvalue weighted by atomic mass is 16.2. The number of fused-ring (bicyclic) bond motifs is 1. The predicted molar refractivity (Wildman–Crippen MR) is 83.8 cm³/mol. The average molecular weight is 284 g/mol. The van der Waals surface area contributed by atoms with Crippen LogP contribution in [0.15, 0.2) is 29.8 Å². The minimum absolute atomic E-state index is 0.227. The Bertz CT molecular complexity index is 653. The van der Waals surface area contributed by atoms with Crippen LogP contribution in [0.3, 0.4) is 0 Å². The number of ketones is 1. The van der Waals surface area contributed by atoms with E-state index >= 15 is 0 Å². The van der Waals surface area contributed by atoms with Gasteiger partial charge in [0, 0.05) is 18.8 Å². The Morgan fingerprint density at radius 2 is 1.95 bits per heavy atom. The molecule has 2 aliphatic heterocycles. The first-order valence-electron chi connectivity index (χ1n) is 7.30. The van der Waals surface area contributed by atoms with Crippen molar-refractivity contribution in [1.82, 2.24) is 0 Å². The molecule has 21 heavy (non-hydrogen) atoms. The van der Waals surface area contributed by atoms with Crippen LogP contribution in [-0.4, -0.2) is 24.8 Å². The Morgan fingerprint density at radius 3 is 2.57 bits per heavy atom. The van der Waals surface area contributed by atoms with E-state index in [1.165, 1.54) is 5.57 Å². The predicted octanol–water partition coefficient (Wildman–Crippen LogP) is 3.00. The Balaban J connectivity index is 1.82. The Kier molecular flexibility index (Phi) is 3.12. The van der Waals surface area contributed by atoms with E-state index in [-0.39, 0.29) is 5.41 Å². The molecule has 3 rings (SSSR count). The number of carbonyl (C=O) groups is 2. The molecule has 1 aromatic rings. The van der Waals surface area contributed by atoms with Crippen LogP contribution in [0, 0.1) is 5.41 Å². The fourth-order valence-corrected chi connectivity index (χ4v) is 2.92. The van der Waals surface area contributed by atoms with Gasteiger partial charge in [0.15, 0.2) is 0 Å². The minimum Gasteiger partial charge on any atom is -0.367 e. The lowest BCUT2D eigenvalue weighted by molar-refractivity contribution is -0.112. The van der Waals surface area contributed by atoms with Crippen molar-refractivity contribution in [2.24, 2.45) is 5.41 Å². The van der Waals surface area contributed by atoms with E-state index in [9.17, 15) is 9.59 Å². The topological polar surface area (TPSA) is 49.4 Å². The average Bonchev–Trinajstić information content (AvgIpc) is 2.73. The molecule has 4 heteroatoms. The molecule has 0 aliphatic carbocycles. The summed E-state index contributed by atoms with van der Waals surface area (Å²) < 4.78 is 0. The highest BCUT2D eigenvalue weighted by molar-refractivity contribution is 6.51. The molecule has 0 saturated carbocycles. The minimum atomic E-state index is -0.532. The van der Waals surface area contributed by atoms with Gasteiger partial charge >= 0.3 is 0 Å². The Hall–Kier alpha value is -2.10. The molecule has 4 nitrogen and oxygen atoms in total. The summed E-state index contributed by atoms with van der Waals surface area (Å²) in [6, 6.07) is 5.56. The molecule has 0 spiro atoms. The van der Waals surface area contributed by atoms with Crippen LogP contribution in [0.1, 0.15) is 37.6 Å². The van der Waals surface area contributed by atoms with Crippen LogP contribution in [-0.2, 0) is 4.79 Å². The molecule has 1 N–H and O–H groups in total. The molecule has 1 amide bonds. The van der Waals surface area contributed by atoms with Crippen LogP contribution in [0.2, 0.25) is 0 Å². The maximum absolute atomic E-state index is 11.6. The number of hydrogen-bond acceptors (Lipinski definition) is 3. The Morgan fingerprint density at radius 1 is 1.19 bits per heavy atom. The van der Waals surface area contributed by atoms with Gasteiger partial charge in [0.05, 0.1) is 11.3 Å². The first kappa shape index (κ1) is 13.9. The largest absolute Gasteiger partial charge is 0.367 e. The van der Waals surface area contributed by atoms with Crippen LogP contribution in [0.4, 0.5) is 11.4 Å². The van der Waals surface area contributed by atoms with Gasteiger partial charge in [-0.05, 0) is 30.0 Å². The van der Waals surface area contributed by atoms with Crippen LogP contribution >= 0.6 is 0 Å². The normalized spacial score (nSPS) is 18.4. The third-order valence-electron chi connectivity index (χ3n) is 4.24. The number of anilines is 2. The van der Waals surface area contributed by atoms with Gasteiger partial charge in [-0.15, -0.1) is 0 Å². The van der Waals surface area contributed by atoms with E-state index in [1.807, 2.05) is 12.1 Å². The summed E-state index contributed by atoms with van der Waals surface area (Å²) in [4.78, 5) is 25.3. The van der Waals surface area contributed by atoms with E-state index in [0.29, 0.717) is 11.3 Å². The molecule has 1 aromatic carbocycles. The first-order chi connectivity index (χ1) is 9.86. The molecule has 0 bridgehead atoms. The highest BCUT2D eigenvalue weighted by Crippen LogP contribution is 2.33. The molecule has 0 radical (unpaired) electrons. The van der Waals surface area contributed by atoms with Crippen molar-refractivity contribution < 1.29 is 9.59 Å². The first-order valence-corrected chi connectivity index (χ1v) is 7.30. The number of Topliss-reactive ketones (excluding diaryl/α,β-unsaturated/α-hetero) is 1. The van der Waals surface area contributed by atoms with Gasteiger partial charge in [-0.25, -0.2) is 0 Å². The zero-order valence-electron chi connectivity index (χ0n) is 12.7. The summed E-state index contributed by atoms with van der Waals surface area (Å²) in [5.74, 6) is -0.971. The quantitative estimate of drug-likeness (QED) is 0.637. The van der Waals surface area contributed by atoms with Crippen LogP contribution < -0.4 is 10.2 Å². The van der Waals surface area contributed by atoms with Crippen molar-refractivity contribution in [3.8, 4) is 0 Å². The molecular formula is C17H20N2O2. The molecule has 0 atom stereocenters. The second-order valence-corrected chi connectivity index (χ2v) is 6.69. The number of carbonyl (C=O) groups excluding carboxylic acids is 2. The highest BCUT2D eigenvalue weighted by Gasteiger charge is 2.29. The number of benzene rings is 1. The summed E-state index contributed by atoms with van der Waals surface area (Å²) in [6.07, 6.45) is 3.34. The molecule has 0 unspecified atom stereocenters. The van der Waals surface area contributed by atoms with Crippen LogP contribution in [0.5, 0.6) is 0 Å². The van der Waals surface area contributed by atoms with E-state index < -0.39 is 11.7 Å². The molecule has 0 fully saturated rings. The second kappa shape index (κ2) is 4.72. The van der Waals surface area contributed by atoms with Gasteiger partial charge in [0.25, 0.3) is 11.7 Å². The van der Waals surface area contributed by atoms with E-state index in [1.54, 1.807) is 6.07 Å². The molecule has 110 valence electrons. The van der Waals surface area contributed by atoms with Crippen molar-refractivity contribution in [3.63, 3.8) is 0 Å². The van der Waals surface area contributed by atoms with Gasteiger partial charge in [0.1, 0.15) is 0 Å². The monoisotopic (exact) mass is 284 g/mol. The second-order valence-electron chi connectivity index (χ2n) is 6.69. The summed E-state index contributed by atoms with van der Waals surface area (Å²) in [7, 11) is 0. The summed E-state index contributed by atoms with van der Waals surface area (Å²) in [5.41, 5.74) is 3.88. The summed E-state index contributed by atoms with van der Waals surface area (Å²) in [5, 5.41) is 2.63. The van der Waals surface area contributed by atoms with Crippen LogP contribution in [0.25, 0.3) is 0 Å². The molecule has 2 heterocycles. The van der Waals surface area contributed by atoms with E-state index in [0.717, 1.165) is 25.2 Å². The standard InChI is InChI=1S/C17H20N2O2/c1-17(2,3)11-6-8-19(9-7-11)12-4-5-13-14(10-12)18-16(21)15(13)20/h4-6,10H,7-9H2,1-3H3,(H,18,20,21). The summed E-state index contributed by atoms with van der Waals surface area (Å²) in [6.45, 7) is 8.55. The fraction of sp³-hybridized carbons (Fsp3) is 0.412. The lowest BCUT2D eigenvalue weighted by Crippen LogP contribution is -2.31. The van der Waals surface area contributed by atoms with Crippen molar-refractivity contribution in [1.29, 1.82) is 0 Å². The van der Waals surface area contributed by atoms with Gasteiger partial charge in [0.2, 0.25) is 0 Å². The number of nitrogens with zero attached hydrogens (tertiary/aromatic N) is 1. The molecular weight excluding hydrogens is 264 g/mol. The lowest BCUT2D eigenvalue weighted by Gasteiger charge is -2.33. The van der Waals surface area contributed by atoms with Crippen molar-refractivity contribution >= 4 is 23.1 Å². The maximum atomic E-state index is 11.6. The summed E-state index contributed by atoms with van der Waals surface area (Å²) >= 11 is 0. The van der Waals surface area contributed by atoms with Gasteiger partial charge < -0.3 is 10.2 Å². The third-order valence-corrected chi connectivity index (χ3v) is 4.24. The molecule has 0 aromatic heterocycles. The zero-order chi connectivity index (χ0) is 15.2. The van der Waals surface area contributed by atoms with E-state index in [4.69, 9.17) is 0 Å². The van der Waals surface area contributed by atoms with Crippen molar-refractivity contribution in [2.45, 2.75) is 27.2 Å². The zero-order valence-corrected chi connectivity index (χ0v) is 12.7. The molecule has 0 saturated heterocycles. The molecule has 2 aliphatic rings. The van der Waals surface area contributed by atoms with Crippen molar-refractivity contribution in [2.75, 3.05) is 23.3 Å². The van der Waals surface area contributed by atoms with E-state index in [2.05, 4.69) is 37.1 Å². The third kappa shape index (κ3) is 2.46. The van der Waals surface area contributed by atoms with Crippen molar-refractivity contribution in [3.05, 3.63) is 35.4 Å². The fourth-order valence-electron chi connectivity index (χ4n) is 2.92. The lowest BCUT2D eigenvalue weighted by atomic mass is 9.83. The number of rotatable bonds is 1. The SMILES string of the molecule is CC(C)(C)C1=CCN(c2ccc3c(c2)NC(=O)C3=O)CC1. The number of amides is 1. The Labute approximate surface area is 124 Å². The van der Waals surface area contributed by atoms with Gasteiger partial charge in [-0.1, -0.05) is 32.4 Å². The number of nitrogens with one attached hydrogen (secondary N) is 1. The maximum Gasteiger partial charge on any atom is 0.296 e. The smallest absolute Gasteiger partial charge is 0.296 e.